The van der Waals surface area contributed by atoms with Crippen LogP contribution in [0.15, 0.2) is 66.7 Å². The van der Waals surface area contributed by atoms with Crippen LogP contribution in [0, 0.1) is 0 Å². The lowest BCUT2D eigenvalue weighted by atomic mass is 9.97. The number of ether oxygens (including phenoxy) is 4. The average Bonchev–Trinajstić information content (AvgIpc) is 2.82. The van der Waals surface area contributed by atoms with E-state index in [4.69, 9.17) is 18.9 Å². The van der Waals surface area contributed by atoms with Gasteiger partial charge in [-0.3, -0.25) is 4.79 Å². The zero-order chi connectivity index (χ0) is 22.2. The van der Waals surface area contributed by atoms with Crippen molar-refractivity contribution in [3.8, 4) is 23.0 Å². The molecule has 0 saturated heterocycles. The molecule has 0 aliphatic carbocycles. The zero-order valence-electron chi connectivity index (χ0n) is 18.2. The topological polar surface area (TPSA) is 66.0 Å². The molecule has 3 aromatic carbocycles. The van der Waals surface area contributed by atoms with Gasteiger partial charge in [0.05, 0.1) is 39.5 Å². The lowest BCUT2D eigenvalue weighted by molar-refractivity contribution is 0.0940. The molecule has 0 radical (unpaired) electrons. The van der Waals surface area contributed by atoms with Crippen molar-refractivity contribution in [2.24, 2.45) is 0 Å². The van der Waals surface area contributed by atoms with Crippen molar-refractivity contribution >= 4 is 5.91 Å². The third-order valence-corrected chi connectivity index (χ3v) is 4.89. The fourth-order valence-electron chi connectivity index (χ4n) is 3.36. The average molecular weight is 421 g/mol. The fourth-order valence-corrected chi connectivity index (χ4v) is 3.36. The first-order valence-electron chi connectivity index (χ1n) is 9.99. The number of methoxy groups -OCH3 is 3. The third-order valence-electron chi connectivity index (χ3n) is 4.89. The number of carbonyl (C=O) groups is 1. The standard InChI is InChI=1S/C25H27NO5/c1-5-31-19-13-10-17(11-14-19)24(18-12-15-22(29-3)23(16-18)30-4)26-25(27)20-8-6-7-9-21(20)28-2/h6-16,24H,5H2,1-4H3,(H,26,27). The van der Waals surface area contributed by atoms with E-state index in [2.05, 4.69) is 5.32 Å². The third kappa shape index (κ3) is 5.09. The molecule has 3 rings (SSSR count). The second-order valence-corrected chi connectivity index (χ2v) is 6.72. The molecule has 1 atom stereocenters. The molecule has 0 aliphatic heterocycles. The molecule has 0 heterocycles. The Kier molecular flexibility index (Phi) is 7.38. The molecule has 0 bridgehead atoms. The first kappa shape index (κ1) is 22.0. The highest BCUT2D eigenvalue weighted by Gasteiger charge is 2.21. The summed E-state index contributed by atoms with van der Waals surface area (Å²) >= 11 is 0. The van der Waals surface area contributed by atoms with E-state index in [-0.39, 0.29) is 5.91 Å². The van der Waals surface area contributed by atoms with Crippen molar-refractivity contribution in [2.45, 2.75) is 13.0 Å². The monoisotopic (exact) mass is 421 g/mol. The van der Waals surface area contributed by atoms with Crippen LogP contribution in [0.25, 0.3) is 0 Å². The molecule has 1 unspecified atom stereocenters. The molecule has 1 N–H and O–H groups in total. The highest BCUT2D eigenvalue weighted by Crippen LogP contribution is 2.33. The summed E-state index contributed by atoms with van der Waals surface area (Å²) in [5.74, 6) is 2.24. The number of rotatable bonds is 9. The molecule has 0 spiro atoms. The highest BCUT2D eigenvalue weighted by molar-refractivity contribution is 5.97. The Bertz CT molecular complexity index is 1020. The van der Waals surface area contributed by atoms with Crippen LogP contribution in [0.4, 0.5) is 0 Å². The molecule has 0 aromatic heterocycles. The van der Waals surface area contributed by atoms with Gasteiger partial charge < -0.3 is 24.3 Å². The summed E-state index contributed by atoms with van der Waals surface area (Å²) < 4.78 is 21.7. The number of benzene rings is 3. The quantitative estimate of drug-likeness (QED) is 0.546. The van der Waals surface area contributed by atoms with Crippen molar-refractivity contribution in [1.82, 2.24) is 5.32 Å². The molecule has 0 fully saturated rings. The molecule has 162 valence electrons. The minimum absolute atomic E-state index is 0.244. The van der Waals surface area contributed by atoms with Crippen LogP contribution in [0.1, 0.15) is 34.5 Å². The summed E-state index contributed by atoms with van der Waals surface area (Å²) in [6.07, 6.45) is 0. The van der Waals surface area contributed by atoms with E-state index in [9.17, 15) is 4.79 Å². The Hall–Kier alpha value is -3.67. The molecule has 3 aromatic rings. The predicted molar refractivity (Wildman–Crippen MR) is 119 cm³/mol. The Labute approximate surface area is 182 Å². The maximum atomic E-state index is 13.2. The summed E-state index contributed by atoms with van der Waals surface area (Å²) in [7, 11) is 4.72. The van der Waals surface area contributed by atoms with E-state index >= 15 is 0 Å². The van der Waals surface area contributed by atoms with Crippen molar-refractivity contribution in [2.75, 3.05) is 27.9 Å². The van der Waals surface area contributed by atoms with Crippen molar-refractivity contribution in [3.05, 3.63) is 83.4 Å². The van der Waals surface area contributed by atoms with E-state index in [0.717, 1.165) is 16.9 Å². The molecule has 0 saturated carbocycles. The lowest BCUT2D eigenvalue weighted by Gasteiger charge is -2.22. The van der Waals surface area contributed by atoms with Gasteiger partial charge in [0.1, 0.15) is 11.5 Å². The smallest absolute Gasteiger partial charge is 0.255 e. The van der Waals surface area contributed by atoms with E-state index in [0.29, 0.717) is 29.4 Å². The molecular weight excluding hydrogens is 394 g/mol. The number of amides is 1. The van der Waals surface area contributed by atoms with E-state index in [1.807, 2.05) is 55.5 Å². The molecule has 6 heteroatoms. The van der Waals surface area contributed by atoms with Crippen molar-refractivity contribution in [1.29, 1.82) is 0 Å². The zero-order valence-corrected chi connectivity index (χ0v) is 18.2. The number of carbonyl (C=O) groups excluding carboxylic acids is 1. The van der Waals surface area contributed by atoms with Gasteiger partial charge in [-0.05, 0) is 54.4 Å². The molecule has 1 amide bonds. The van der Waals surface area contributed by atoms with Gasteiger partial charge in [0.25, 0.3) is 5.91 Å². The Morgan fingerprint density at radius 1 is 0.806 bits per heavy atom. The van der Waals surface area contributed by atoms with Gasteiger partial charge in [0, 0.05) is 0 Å². The summed E-state index contributed by atoms with van der Waals surface area (Å²) in [5.41, 5.74) is 2.21. The fraction of sp³-hybridized carbons (Fsp3) is 0.240. The largest absolute Gasteiger partial charge is 0.496 e. The van der Waals surface area contributed by atoms with E-state index < -0.39 is 6.04 Å². The van der Waals surface area contributed by atoms with Gasteiger partial charge in [-0.1, -0.05) is 30.3 Å². The van der Waals surface area contributed by atoms with Gasteiger partial charge in [0.2, 0.25) is 0 Å². The SMILES string of the molecule is CCOc1ccc(C(NC(=O)c2ccccc2OC)c2ccc(OC)c(OC)c2)cc1. The second-order valence-electron chi connectivity index (χ2n) is 6.72. The van der Waals surface area contributed by atoms with Gasteiger partial charge in [-0.25, -0.2) is 0 Å². The summed E-state index contributed by atoms with van der Waals surface area (Å²) in [5, 5.41) is 3.12. The normalized spacial score (nSPS) is 11.4. The summed E-state index contributed by atoms with van der Waals surface area (Å²) in [4.78, 5) is 13.2. The van der Waals surface area contributed by atoms with Crippen LogP contribution < -0.4 is 24.3 Å². The molecule has 31 heavy (non-hydrogen) atoms. The van der Waals surface area contributed by atoms with Crippen LogP contribution in [0.5, 0.6) is 23.0 Å². The number of hydrogen-bond donors (Lipinski definition) is 1. The second kappa shape index (κ2) is 10.4. The van der Waals surface area contributed by atoms with Gasteiger partial charge in [-0.15, -0.1) is 0 Å². The van der Waals surface area contributed by atoms with Crippen LogP contribution in [-0.4, -0.2) is 33.8 Å². The number of para-hydroxylation sites is 1. The summed E-state index contributed by atoms with van der Waals surface area (Å²) in [6.45, 7) is 2.52. The van der Waals surface area contributed by atoms with Crippen LogP contribution in [-0.2, 0) is 0 Å². The maximum Gasteiger partial charge on any atom is 0.255 e. The Morgan fingerprint density at radius 2 is 1.45 bits per heavy atom. The van der Waals surface area contributed by atoms with Gasteiger partial charge >= 0.3 is 0 Å². The van der Waals surface area contributed by atoms with Crippen LogP contribution >= 0.6 is 0 Å². The lowest BCUT2D eigenvalue weighted by Crippen LogP contribution is -2.29. The van der Waals surface area contributed by atoms with Crippen molar-refractivity contribution < 1.29 is 23.7 Å². The first-order chi connectivity index (χ1) is 15.1. The first-order valence-corrected chi connectivity index (χ1v) is 9.99. The molecule has 6 nitrogen and oxygen atoms in total. The highest BCUT2D eigenvalue weighted by atomic mass is 16.5. The van der Waals surface area contributed by atoms with E-state index in [1.165, 1.54) is 0 Å². The van der Waals surface area contributed by atoms with Gasteiger partial charge in [-0.2, -0.15) is 0 Å². The van der Waals surface area contributed by atoms with Crippen molar-refractivity contribution in [3.63, 3.8) is 0 Å². The van der Waals surface area contributed by atoms with Crippen LogP contribution in [0.2, 0.25) is 0 Å². The molecule has 0 aliphatic rings. The molecular formula is C25H27NO5. The maximum absolute atomic E-state index is 13.2. The van der Waals surface area contributed by atoms with Crippen LogP contribution in [0.3, 0.4) is 0 Å². The predicted octanol–water partition coefficient (Wildman–Crippen LogP) is 4.63. The minimum Gasteiger partial charge on any atom is -0.496 e. The Morgan fingerprint density at radius 3 is 2.10 bits per heavy atom. The number of nitrogens with one attached hydrogen (secondary N) is 1. The summed E-state index contributed by atoms with van der Waals surface area (Å²) in [6, 6.07) is 20.0. The minimum atomic E-state index is -0.423. The van der Waals surface area contributed by atoms with Gasteiger partial charge in [0.15, 0.2) is 11.5 Å². The number of hydrogen-bond acceptors (Lipinski definition) is 5. The Balaban J connectivity index is 2.01. The van der Waals surface area contributed by atoms with E-state index in [1.54, 1.807) is 39.5 Å².